The van der Waals surface area contributed by atoms with Crippen molar-refractivity contribution in [3.8, 4) is 0 Å². The van der Waals surface area contributed by atoms with Crippen LogP contribution >= 0.6 is 0 Å². The first kappa shape index (κ1) is 27.1. The third-order valence-electron chi connectivity index (χ3n) is 7.09. The first-order valence-corrected chi connectivity index (χ1v) is 13.7. The molecule has 8 heteroatoms. The fourth-order valence-electron chi connectivity index (χ4n) is 5.31. The molecule has 3 aliphatic heterocycles. The number of carboxylic acids is 1. The van der Waals surface area contributed by atoms with Crippen molar-refractivity contribution in [3.05, 3.63) is 37.2 Å². The van der Waals surface area contributed by atoms with Crippen LogP contribution in [0.5, 0.6) is 0 Å². The SMILES string of the molecule is CCCCN1C=CN(CC(CC(=O)O)(CN2C=CN(CCCC)C2)CN2C=CN(CCCC)C2)C1. The van der Waals surface area contributed by atoms with E-state index in [-0.39, 0.29) is 6.42 Å². The maximum atomic E-state index is 12.2. The van der Waals surface area contributed by atoms with Crippen molar-refractivity contribution in [1.82, 2.24) is 29.4 Å². The maximum Gasteiger partial charge on any atom is 0.304 e. The molecule has 0 unspecified atom stereocenters. The monoisotopic (exact) mass is 488 g/mol. The van der Waals surface area contributed by atoms with E-state index < -0.39 is 11.4 Å². The van der Waals surface area contributed by atoms with E-state index in [1.807, 2.05) is 0 Å². The summed E-state index contributed by atoms with van der Waals surface area (Å²) in [6.45, 7) is 14.6. The Hall–Kier alpha value is -2.51. The summed E-state index contributed by atoms with van der Waals surface area (Å²) < 4.78 is 0. The van der Waals surface area contributed by atoms with Crippen LogP contribution in [0.15, 0.2) is 37.2 Å². The second-order valence-corrected chi connectivity index (χ2v) is 10.6. The predicted molar refractivity (Wildman–Crippen MR) is 142 cm³/mol. The maximum absolute atomic E-state index is 12.2. The molecular formula is C27H48N6O2. The van der Waals surface area contributed by atoms with Crippen molar-refractivity contribution in [2.45, 2.75) is 65.7 Å². The zero-order valence-corrected chi connectivity index (χ0v) is 22.3. The summed E-state index contributed by atoms with van der Waals surface area (Å²) in [4.78, 5) is 26.2. The molecule has 35 heavy (non-hydrogen) atoms. The van der Waals surface area contributed by atoms with Crippen LogP contribution in [0.2, 0.25) is 0 Å². The smallest absolute Gasteiger partial charge is 0.304 e. The number of hydrogen-bond acceptors (Lipinski definition) is 7. The van der Waals surface area contributed by atoms with Crippen molar-refractivity contribution in [3.63, 3.8) is 0 Å². The van der Waals surface area contributed by atoms with Crippen LogP contribution < -0.4 is 0 Å². The third-order valence-corrected chi connectivity index (χ3v) is 7.09. The Morgan fingerprint density at radius 3 is 1.23 bits per heavy atom. The van der Waals surface area contributed by atoms with Crippen LogP contribution in [0.1, 0.15) is 65.7 Å². The molecule has 0 radical (unpaired) electrons. The second-order valence-electron chi connectivity index (χ2n) is 10.6. The molecule has 0 aromatic carbocycles. The molecule has 8 nitrogen and oxygen atoms in total. The molecule has 3 heterocycles. The lowest BCUT2D eigenvalue weighted by molar-refractivity contribution is -0.140. The molecule has 0 bridgehead atoms. The Labute approximate surface area is 213 Å². The van der Waals surface area contributed by atoms with E-state index in [0.717, 1.165) is 59.3 Å². The van der Waals surface area contributed by atoms with Gasteiger partial charge in [-0.2, -0.15) is 0 Å². The highest BCUT2D eigenvalue weighted by Gasteiger charge is 2.39. The van der Waals surface area contributed by atoms with Crippen molar-refractivity contribution in [2.24, 2.45) is 5.41 Å². The summed E-state index contributed by atoms with van der Waals surface area (Å²) in [6.07, 6.45) is 20.2. The van der Waals surface area contributed by atoms with Gasteiger partial charge in [0.1, 0.15) is 0 Å². The lowest BCUT2D eigenvalue weighted by Crippen LogP contribution is -2.51. The van der Waals surface area contributed by atoms with E-state index in [0.29, 0.717) is 0 Å². The largest absolute Gasteiger partial charge is 0.481 e. The lowest BCUT2D eigenvalue weighted by atomic mass is 9.82. The van der Waals surface area contributed by atoms with E-state index in [1.54, 1.807) is 0 Å². The molecule has 0 atom stereocenters. The van der Waals surface area contributed by atoms with Gasteiger partial charge in [-0.15, -0.1) is 0 Å². The zero-order valence-electron chi connectivity index (χ0n) is 22.3. The van der Waals surface area contributed by atoms with Gasteiger partial charge < -0.3 is 34.5 Å². The van der Waals surface area contributed by atoms with Crippen LogP contribution in [0.3, 0.4) is 0 Å². The first-order valence-electron chi connectivity index (χ1n) is 13.7. The standard InChI is InChI=1S/C27H48N6O2/c1-4-7-10-28-13-16-31(23-28)20-27(19-26(34)35,21-32-17-14-29(24-32)11-8-5-2)22-33-18-15-30(25-33)12-9-6-3/h13-18H,4-12,19-25H2,1-3H3,(H,34,35). The number of hydrogen-bond donors (Lipinski definition) is 1. The van der Waals surface area contributed by atoms with Crippen molar-refractivity contribution < 1.29 is 9.90 Å². The van der Waals surface area contributed by atoms with Gasteiger partial charge in [0, 0.05) is 81.9 Å². The molecule has 0 aliphatic carbocycles. The second kappa shape index (κ2) is 13.5. The summed E-state index contributed by atoms with van der Waals surface area (Å²) in [5.41, 5.74) is -0.396. The molecule has 0 amide bonds. The Kier molecular flexibility index (Phi) is 10.5. The minimum Gasteiger partial charge on any atom is -0.481 e. The van der Waals surface area contributed by atoms with Gasteiger partial charge in [-0.05, 0) is 19.3 Å². The molecule has 0 aromatic heterocycles. The van der Waals surface area contributed by atoms with Gasteiger partial charge in [0.05, 0.1) is 26.4 Å². The highest BCUT2D eigenvalue weighted by Crippen LogP contribution is 2.31. The van der Waals surface area contributed by atoms with Crippen LogP contribution in [0, 0.1) is 5.41 Å². The van der Waals surface area contributed by atoms with Crippen LogP contribution in [0.4, 0.5) is 0 Å². The Morgan fingerprint density at radius 2 is 0.943 bits per heavy atom. The lowest BCUT2D eigenvalue weighted by Gasteiger charge is -2.42. The van der Waals surface area contributed by atoms with Gasteiger partial charge >= 0.3 is 5.97 Å². The van der Waals surface area contributed by atoms with Crippen molar-refractivity contribution in [1.29, 1.82) is 0 Å². The van der Waals surface area contributed by atoms with Gasteiger partial charge in [0.15, 0.2) is 0 Å². The molecule has 0 spiro atoms. The molecule has 3 rings (SSSR count). The highest BCUT2D eigenvalue weighted by atomic mass is 16.4. The number of carboxylic acid groups (broad SMARTS) is 1. The Morgan fingerprint density at radius 1 is 0.629 bits per heavy atom. The number of unbranched alkanes of at least 4 members (excludes halogenated alkanes) is 3. The molecule has 3 aliphatic rings. The van der Waals surface area contributed by atoms with E-state index in [2.05, 4.69) is 87.4 Å². The van der Waals surface area contributed by atoms with Crippen LogP contribution in [-0.2, 0) is 4.79 Å². The third kappa shape index (κ3) is 8.58. The fraction of sp³-hybridized carbons (Fsp3) is 0.741. The minimum absolute atomic E-state index is 0.158. The minimum atomic E-state index is -0.715. The van der Waals surface area contributed by atoms with Gasteiger partial charge in [-0.3, -0.25) is 4.79 Å². The van der Waals surface area contributed by atoms with Gasteiger partial charge in [-0.1, -0.05) is 40.0 Å². The van der Waals surface area contributed by atoms with Crippen molar-refractivity contribution >= 4 is 5.97 Å². The Balaban J connectivity index is 1.71. The average Bonchev–Trinajstić information content (AvgIpc) is 3.56. The van der Waals surface area contributed by atoms with E-state index in [1.165, 1.54) is 38.5 Å². The number of nitrogens with zero attached hydrogens (tertiary/aromatic N) is 6. The van der Waals surface area contributed by atoms with Crippen molar-refractivity contribution in [2.75, 3.05) is 59.3 Å². The fourth-order valence-corrected chi connectivity index (χ4v) is 5.31. The molecular weight excluding hydrogens is 440 g/mol. The number of rotatable bonds is 17. The number of aliphatic carboxylic acids is 1. The molecule has 0 aromatic rings. The molecule has 198 valence electrons. The summed E-state index contributed by atoms with van der Waals surface area (Å²) in [5.74, 6) is -0.715. The summed E-state index contributed by atoms with van der Waals surface area (Å²) >= 11 is 0. The molecule has 0 saturated heterocycles. The first-order chi connectivity index (χ1) is 16.9. The molecule has 1 N–H and O–H groups in total. The summed E-state index contributed by atoms with van der Waals surface area (Å²) in [6, 6.07) is 0. The normalized spacial score (nSPS) is 17.7. The van der Waals surface area contributed by atoms with Crippen LogP contribution in [0.25, 0.3) is 0 Å². The van der Waals surface area contributed by atoms with Gasteiger partial charge in [0.2, 0.25) is 0 Å². The quantitative estimate of drug-likeness (QED) is 0.330. The van der Waals surface area contributed by atoms with Crippen LogP contribution in [-0.4, -0.2) is 99.7 Å². The number of carbonyl (C=O) groups is 1. The topological polar surface area (TPSA) is 56.7 Å². The predicted octanol–water partition coefficient (Wildman–Crippen LogP) is 3.99. The van der Waals surface area contributed by atoms with E-state index >= 15 is 0 Å². The van der Waals surface area contributed by atoms with Gasteiger partial charge in [-0.25, -0.2) is 0 Å². The average molecular weight is 489 g/mol. The molecule has 0 saturated carbocycles. The summed E-state index contributed by atoms with van der Waals surface area (Å²) in [7, 11) is 0. The highest BCUT2D eigenvalue weighted by molar-refractivity contribution is 5.68. The van der Waals surface area contributed by atoms with E-state index in [9.17, 15) is 9.90 Å². The van der Waals surface area contributed by atoms with E-state index in [4.69, 9.17) is 0 Å². The summed E-state index contributed by atoms with van der Waals surface area (Å²) in [5, 5.41) is 10.0. The van der Waals surface area contributed by atoms with Gasteiger partial charge in [0.25, 0.3) is 0 Å². The molecule has 0 fully saturated rings. The zero-order chi connectivity index (χ0) is 25.1. The Bertz CT molecular complexity index is 656.